The van der Waals surface area contributed by atoms with Crippen LogP contribution in [0.5, 0.6) is 0 Å². The Bertz CT molecular complexity index is 671. The highest BCUT2D eigenvalue weighted by molar-refractivity contribution is 8.01. The van der Waals surface area contributed by atoms with Crippen molar-refractivity contribution in [2.75, 3.05) is 17.6 Å². The second-order valence-electron chi connectivity index (χ2n) is 4.94. The highest BCUT2D eigenvalue weighted by Crippen LogP contribution is 2.29. The molecule has 0 aliphatic heterocycles. The molecular formula is C17H18N2S2. The van der Waals surface area contributed by atoms with E-state index >= 15 is 0 Å². The lowest BCUT2D eigenvalue weighted by atomic mass is 10.2. The number of aryl methyl sites for hydroxylation is 1. The molecule has 0 radical (unpaired) electrons. The largest absolute Gasteiger partial charge is 0.385 e. The number of rotatable bonds is 6. The smallest absolute Gasteiger partial charge is 0.151 e. The summed E-state index contributed by atoms with van der Waals surface area (Å²) >= 11 is 3.64. The number of benzene rings is 2. The molecule has 1 aromatic heterocycles. The molecule has 4 heteroatoms. The summed E-state index contributed by atoms with van der Waals surface area (Å²) in [6.45, 7) is 3.11. The second-order valence-corrected chi connectivity index (χ2v) is 7.32. The van der Waals surface area contributed by atoms with E-state index in [-0.39, 0.29) is 0 Å². The van der Waals surface area contributed by atoms with Crippen molar-refractivity contribution in [3.63, 3.8) is 0 Å². The molecule has 0 spiro atoms. The van der Waals surface area contributed by atoms with Crippen molar-refractivity contribution in [2.24, 2.45) is 0 Å². The molecule has 3 rings (SSSR count). The summed E-state index contributed by atoms with van der Waals surface area (Å²) in [6, 6.07) is 16.9. The fourth-order valence-corrected chi connectivity index (χ4v) is 4.13. The third-order valence-corrected chi connectivity index (χ3v) is 5.47. The molecular weight excluding hydrogens is 296 g/mol. The zero-order valence-corrected chi connectivity index (χ0v) is 13.6. The lowest BCUT2D eigenvalue weighted by Crippen LogP contribution is -2.02. The zero-order chi connectivity index (χ0) is 14.5. The average molecular weight is 314 g/mol. The Balaban J connectivity index is 1.42. The van der Waals surface area contributed by atoms with Gasteiger partial charge < -0.3 is 5.32 Å². The van der Waals surface area contributed by atoms with E-state index < -0.39 is 0 Å². The summed E-state index contributed by atoms with van der Waals surface area (Å²) in [5.41, 5.74) is 3.61. The second kappa shape index (κ2) is 6.96. The summed E-state index contributed by atoms with van der Waals surface area (Å²) in [6.07, 6.45) is 1.13. The third kappa shape index (κ3) is 3.99. The number of thioether (sulfide) groups is 1. The van der Waals surface area contributed by atoms with Crippen molar-refractivity contribution in [2.45, 2.75) is 17.7 Å². The van der Waals surface area contributed by atoms with Gasteiger partial charge in [0.2, 0.25) is 0 Å². The van der Waals surface area contributed by atoms with Crippen LogP contribution in [0.1, 0.15) is 12.0 Å². The van der Waals surface area contributed by atoms with Gasteiger partial charge in [-0.05, 0) is 37.6 Å². The molecule has 0 saturated carbocycles. The van der Waals surface area contributed by atoms with Crippen LogP contribution in [0.4, 0.5) is 5.69 Å². The van der Waals surface area contributed by atoms with E-state index in [4.69, 9.17) is 0 Å². The average Bonchev–Trinajstić information content (AvgIpc) is 2.91. The van der Waals surface area contributed by atoms with E-state index in [0.29, 0.717) is 0 Å². The van der Waals surface area contributed by atoms with Crippen LogP contribution >= 0.6 is 23.1 Å². The van der Waals surface area contributed by atoms with Crippen molar-refractivity contribution in [3.05, 3.63) is 54.1 Å². The van der Waals surface area contributed by atoms with E-state index in [1.165, 1.54) is 20.3 Å². The van der Waals surface area contributed by atoms with E-state index in [1.807, 2.05) is 17.8 Å². The normalized spacial score (nSPS) is 10.9. The fraction of sp³-hybridized carbons (Fsp3) is 0.235. The molecule has 1 N–H and O–H groups in total. The van der Waals surface area contributed by atoms with E-state index in [1.54, 1.807) is 11.3 Å². The van der Waals surface area contributed by atoms with Gasteiger partial charge in [0.25, 0.3) is 0 Å². The molecule has 2 aromatic carbocycles. The number of anilines is 1. The Kier molecular flexibility index (Phi) is 4.78. The first-order valence-electron chi connectivity index (χ1n) is 7.10. The van der Waals surface area contributed by atoms with Crippen molar-refractivity contribution in [1.29, 1.82) is 0 Å². The molecule has 0 unspecified atom stereocenters. The van der Waals surface area contributed by atoms with Gasteiger partial charge in [-0.1, -0.05) is 41.6 Å². The monoisotopic (exact) mass is 314 g/mol. The molecule has 1 heterocycles. The van der Waals surface area contributed by atoms with Crippen LogP contribution in [-0.4, -0.2) is 17.3 Å². The minimum Gasteiger partial charge on any atom is -0.385 e. The predicted octanol–water partition coefficient (Wildman–Crippen LogP) is 5.20. The van der Waals surface area contributed by atoms with Crippen LogP contribution in [0.15, 0.2) is 52.9 Å². The number of para-hydroxylation sites is 1. The Hall–Kier alpha value is -1.52. The van der Waals surface area contributed by atoms with Gasteiger partial charge in [-0.3, -0.25) is 0 Å². The summed E-state index contributed by atoms with van der Waals surface area (Å²) in [4.78, 5) is 4.64. The number of aromatic nitrogens is 1. The molecule has 0 aliphatic carbocycles. The molecule has 0 atom stereocenters. The fourth-order valence-electron chi connectivity index (χ4n) is 2.05. The summed E-state index contributed by atoms with van der Waals surface area (Å²) in [5, 5.41) is 3.45. The molecule has 2 nitrogen and oxygen atoms in total. The quantitative estimate of drug-likeness (QED) is 0.500. The van der Waals surface area contributed by atoms with E-state index in [9.17, 15) is 0 Å². The SMILES string of the molecule is Cc1ccc(NCCCSc2nc3ccccc3s2)cc1. The van der Waals surface area contributed by atoms with Crippen LogP contribution < -0.4 is 5.32 Å². The Morgan fingerprint density at radius 2 is 1.90 bits per heavy atom. The minimum absolute atomic E-state index is 1.00. The third-order valence-electron chi connectivity index (χ3n) is 3.20. The Morgan fingerprint density at radius 1 is 1.10 bits per heavy atom. The van der Waals surface area contributed by atoms with Crippen molar-refractivity contribution in [3.8, 4) is 0 Å². The lowest BCUT2D eigenvalue weighted by Gasteiger charge is -2.05. The van der Waals surface area contributed by atoms with Crippen molar-refractivity contribution >= 4 is 39.0 Å². The minimum atomic E-state index is 1.00. The van der Waals surface area contributed by atoms with E-state index in [0.717, 1.165) is 24.2 Å². The van der Waals surface area contributed by atoms with Crippen LogP contribution in [0.2, 0.25) is 0 Å². The number of nitrogens with zero attached hydrogens (tertiary/aromatic N) is 1. The maximum Gasteiger partial charge on any atom is 0.151 e. The maximum absolute atomic E-state index is 4.64. The molecule has 3 aromatic rings. The van der Waals surface area contributed by atoms with Gasteiger partial charge in [0.05, 0.1) is 10.2 Å². The topological polar surface area (TPSA) is 24.9 Å². The van der Waals surface area contributed by atoms with Gasteiger partial charge in [0, 0.05) is 18.0 Å². The first kappa shape index (κ1) is 14.4. The molecule has 108 valence electrons. The number of nitrogens with one attached hydrogen (secondary N) is 1. The van der Waals surface area contributed by atoms with Crippen LogP contribution in [0, 0.1) is 6.92 Å². The predicted molar refractivity (Wildman–Crippen MR) is 94.6 cm³/mol. The maximum atomic E-state index is 4.64. The number of hydrogen-bond donors (Lipinski definition) is 1. The summed E-state index contributed by atoms with van der Waals surface area (Å²) < 4.78 is 2.45. The summed E-state index contributed by atoms with van der Waals surface area (Å²) in [5.74, 6) is 1.10. The molecule has 21 heavy (non-hydrogen) atoms. The molecule has 0 aliphatic rings. The molecule has 0 amide bonds. The Morgan fingerprint density at radius 3 is 2.71 bits per heavy atom. The first-order chi connectivity index (χ1) is 10.3. The molecule has 0 bridgehead atoms. The van der Waals surface area contributed by atoms with Crippen molar-refractivity contribution in [1.82, 2.24) is 4.98 Å². The molecule has 0 saturated heterocycles. The standard InChI is InChI=1S/C17H18N2S2/c1-13-7-9-14(10-8-13)18-11-4-12-20-17-19-15-5-2-3-6-16(15)21-17/h2-3,5-10,18H,4,11-12H2,1H3. The van der Waals surface area contributed by atoms with Crippen molar-refractivity contribution < 1.29 is 0 Å². The van der Waals surface area contributed by atoms with Crippen LogP contribution in [-0.2, 0) is 0 Å². The zero-order valence-electron chi connectivity index (χ0n) is 12.0. The number of fused-ring (bicyclic) bond motifs is 1. The van der Waals surface area contributed by atoms with Gasteiger partial charge in [0.1, 0.15) is 0 Å². The van der Waals surface area contributed by atoms with Gasteiger partial charge in [-0.25, -0.2) is 4.98 Å². The van der Waals surface area contributed by atoms with Gasteiger partial charge >= 0.3 is 0 Å². The van der Waals surface area contributed by atoms with Gasteiger partial charge in [0.15, 0.2) is 4.34 Å². The number of hydrogen-bond acceptors (Lipinski definition) is 4. The van der Waals surface area contributed by atoms with Crippen LogP contribution in [0.25, 0.3) is 10.2 Å². The van der Waals surface area contributed by atoms with Gasteiger partial charge in [-0.2, -0.15) is 0 Å². The van der Waals surface area contributed by atoms with E-state index in [2.05, 4.69) is 59.7 Å². The molecule has 0 fully saturated rings. The summed E-state index contributed by atoms with van der Waals surface area (Å²) in [7, 11) is 0. The highest BCUT2D eigenvalue weighted by atomic mass is 32.2. The first-order valence-corrected chi connectivity index (χ1v) is 8.90. The van der Waals surface area contributed by atoms with Gasteiger partial charge in [-0.15, -0.1) is 11.3 Å². The Labute approximate surface area is 133 Å². The highest BCUT2D eigenvalue weighted by Gasteiger charge is 2.03. The lowest BCUT2D eigenvalue weighted by molar-refractivity contribution is 0.990. The number of thiazole rings is 1. The van der Waals surface area contributed by atoms with Crippen LogP contribution in [0.3, 0.4) is 0 Å².